The Balaban J connectivity index is 2.35. The first kappa shape index (κ1) is 14.3. The highest BCUT2D eigenvalue weighted by molar-refractivity contribution is 9.10. The molecule has 0 aromatic heterocycles. The lowest BCUT2D eigenvalue weighted by atomic mass is 10.2. The first-order valence-corrected chi connectivity index (χ1v) is 6.85. The van der Waals surface area contributed by atoms with Gasteiger partial charge in [-0.25, -0.2) is 0 Å². The molecule has 0 saturated heterocycles. The monoisotopic (exact) mass is 336 g/mol. The molecule has 0 aliphatic heterocycles. The molecule has 2 rings (SSSR count). The van der Waals surface area contributed by atoms with Crippen molar-refractivity contribution in [1.29, 1.82) is 0 Å². The summed E-state index contributed by atoms with van der Waals surface area (Å²) in [5.74, 6) is 1.03. The Morgan fingerprint density at radius 3 is 2.70 bits per heavy atom. The van der Waals surface area contributed by atoms with Crippen molar-refractivity contribution in [2.24, 2.45) is 0 Å². The normalized spacial score (nSPS) is 10.1. The average molecular weight is 337 g/mol. The van der Waals surface area contributed by atoms with Gasteiger partial charge in [0.15, 0.2) is 0 Å². The Morgan fingerprint density at radius 2 is 2.05 bits per heavy atom. The van der Waals surface area contributed by atoms with E-state index in [0.29, 0.717) is 23.7 Å². The maximum atomic E-state index is 10.9. The van der Waals surface area contributed by atoms with Crippen LogP contribution in [0.5, 0.6) is 11.5 Å². The fourth-order valence-corrected chi connectivity index (χ4v) is 2.07. The molecule has 0 fully saturated rings. The third-order valence-corrected chi connectivity index (χ3v) is 3.20. The van der Waals surface area contributed by atoms with E-state index in [0.717, 1.165) is 4.47 Å². The highest BCUT2D eigenvalue weighted by Crippen LogP contribution is 2.33. The van der Waals surface area contributed by atoms with Gasteiger partial charge in [-0.05, 0) is 35.0 Å². The lowest BCUT2D eigenvalue weighted by Crippen LogP contribution is -1.98. The number of nitrogens with zero attached hydrogens (tertiary/aromatic N) is 1. The van der Waals surface area contributed by atoms with Gasteiger partial charge in [0.05, 0.1) is 15.5 Å². The molecule has 0 amide bonds. The number of nitrogens with one attached hydrogen (secondary N) is 1. The number of ether oxygens (including phenoxy) is 1. The second kappa shape index (κ2) is 6.38. The fraction of sp³-hybridized carbons (Fsp3) is 0.143. The number of halogens is 1. The molecule has 2 aromatic carbocycles. The van der Waals surface area contributed by atoms with Crippen molar-refractivity contribution in [3.8, 4) is 11.5 Å². The van der Waals surface area contributed by atoms with Crippen LogP contribution in [0.15, 0.2) is 46.9 Å². The molecule has 0 heterocycles. The third kappa shape index (κ3) is 3.48. The van der Waals surface area contributed by atoms with Crippen molar-refractivity contribution in [2.45, 2.75) is 6.92 Å². The van der Waals surface area contributed by atoms with E-state index in [1.165, 1.54) is 12.1 Å². The predicted octanol–water partition coefficient (Wildman–Crippen LogP) is 4.58. The van der Waals surface area contributed by atoms with Crippen molar-refractivity contribution in [3.05, 3.63) is 57.1 Å². The molecular weight excluding hydrogens is 324 g/mol. The van der Waals surface area contributed by atoms with E-state index in [4.69, 9.17) is 4.74 Å². The molecule has 6 heteroatoms. The van der Waals surface area contributed by atoms with Crippen molar-refractivity contribution >= 4 is 27.3 Å². The smallest absolute Gasteiger partial charge is 0.275 e. The summed E-state index contributed by atoms with van der Waals surface area (Å²) in [6.45, 7) is 2.60. The van der Waals surface area contributed by atoms with E-state index in [2.05, 4.69) is 21.2 Å². The van der Waals surface area contributed by atoms with Crippen LogP contribution in [-0.2, 0) is 0 Å². The molecule has 0 aliphatic rings. The fourth-order valence-electron chi connectivity index (χ4n) is 1.71. The van der Waals surface area contributed by atoms with Gasteiger partial charge >= 0.3 is 0 Å². The SMILES string of the molecule is CCNc1cc(Oc2ccccc2Br)cc([N+](=O)[O-])c1. The van der Waals surface area contributed by atoms with Crippen LogP contribution in [0.4, 0.5) is 11.4 Å². The van der Waals surface area contributed by atoms with Gasteiger partial charge in [0.25, 0.3) is 5.69 Å². The second-order valence-electron chi connectivity index (χ2n) is 4.04. The highest BCUT2D eigenvalue weighted by atomic mass is 79.9. The maximum Gasteiger partial charge on any atom is 0.275 e. The largest absolute Gasteiger partial charge is 0.456 e. The minimum absolute atomic E-state index is 0.00879. The van der Waals surface area contributed by atoms with Gasteiger partial charge in [-0.2, -0.15) is 0 Å². The molecule has 1 N–H and O–H groups in total. The molecule has 104 valence electrons. The van der Waals surface area contributed by atoms with E-state index in [-0.39, 0.29) is 5.69 Å². The summed E-state index contributed by atoms with van der Waals surface area (Å²) in [7, 11) is 0. The number of nitro groups is 1. The summed E-state index contributed by atoms with van der Waals surface area (Å²) >= 11 is 3.38. The Kier molecular flexibility index (Phi) is 4.57. The van der Waals surface area contributed by atoms with Crippen LogP contribution in [0.2, 0.25) is 0 Å². The number of nitro benzene ring substituents is 1. The number of hydrogen-bond acceptors (Lipinski definition) is 4. The van der Waals surface area contributed by atoms with E-state index < -0.39 is 4.92 Å². The number of benzene rings is 2. The molecule has 5 nitrogen and oxygen atoms in total. The molecule has 20 heavy (non-hydrogen) atoms. The Labute approximate surface area is 124 Å². The lowest BCUT2D eigenvalue weighted by molar-refractivity contribution is -0.384. The van der Waals surface area contributed by atoms with Crippen molar-refractivity contribution in [1.82, 2.24) is 0 Å². The van der Waals surface area contributed by atoms with Gasteiger partial charge in [-0.1, -0.05) is 12.1 Å². The van der Waals surface area contributed by atoms with Gasteiger partial charge in [0.1, 0.15) is 11.5 Å². The summed E-state index contributed by atoms with van der Waals surface area (Å²) in [6, 6.07) is 12.0. The van der Waals surface area contributed by atoms with Crippen LogP contribution in [0.25, 0.3) is 0 Å². The van der Waals surface area contributed by atoms with Crippen LogP contribution < -0.4 is 10.1 Å². The molecule has 0 atom stereocenters. The lowest BCUT2D eigenvalue weighted by Gasteiger charge is -2.10. The van der Waals surface area contributed by atoms with Crippen LogP contribution in [0.3, 0.4) is 0 Å². The molecule has 0 bridgehead atoms. The number of rotatable bonds is 5. The van der Waals surface area contributed by atoms with E-state index in [1.54, 1.807) is 12.1 Å². The second-order valence-corrected chi connectivity index (χ2v) is 4.89. The van der Waals surface area contributed by atoms with Crippen LogP contribution in [0.1, 0.15) is 6.92 Å². The maximum absolute atomic E-state index is 10.9. The van der Waals surface area contributed by atoms with Crippen molar-refractivity contribution in [2.75, 3.05) is 11.9 Å². The van der Waals surface area contributed by atoms with Gasteiger partial charge in [0.2, 0.25) is 0 Å². The Hall–Kier alpha value is -2.08. The zero-order valence-corrected chi connectivity index (χ0v) is 12.4. The van der Waals surface area contributed by atoms with Crippen LogP contribution in [-0.4, -0.2) is 11.5 Å². The van der Waals surface area contributed by atoms with Crippen molar-refractivity contribution < 1.29 is 9.66 Å². The summed E-state index contributed by atoms with van der Waals surface area (Å²) < 4.78 is 6.48. The molecule has 0 saturated carbocycles. The first-order valence-electron chi connectivity index (χ1n) is 6.06. The number of anilines is 1. The molecule has 0 spiro atoms. The van der Waals surface area contributed by atoms with E-state index in [1.807, 2.05) is 25.1 Å². The summed E-state index contributed by atoms with van der Waals surface area (Å²) in [5.41, 5.74) is 0.647. The number of hydrogen-bond donors (Lipinski definition) is 1. The quantitative estimate of drug-likeness (QED) is 0.641. The minimum atomic E-state index is -0.437. The summed E-state index contributed by atoms with van der Waals surface area (Å²) in [5, 5.41) is 14.0. The molecule has 0 radical (unpaired) electrons. The van der Waals surface area contributed by atoms with Crippen molar-refractivity contribution in [3.63, 3.8) is 0 Å². The summed E-state index contributed by atoms with van der Waals surface area (Å²) in [6.07, 6.45) is 0. The van der Waals surface area contributed by atoms with E-state index >= 15 is 0 Å². The molecule has 0 unspecified atom stereocenters. The topological polar surface area (TPSA) is 64.4 Å². The number of non-ortho nitro benzene ring substituents is 1. The molecule has 2 aromatic rings. The van der Waals surface area contributed by atoms with Crippen LogP contribution in [0, 0.1) is 10.1 Å². The average Bonchev–Trinajstić information content (AvgIpc) is 2.41. The third-order valence-electron chi connectivity index (χ3n) is 2.55. The predicted molar refractivity (Wildman–Crippen MR) is 81.5 cm³/mol. The van der Waals surface area contributed by atoms with Gasteiger partial charge in [-0.3, -0.25) is 10.1 Å². The molecule has 0 aliphatic carbocycles. The minimum Gasteiger partial charge on any atom is -0.456 e. The highest BCUT2D eigenvalue weighted by Gasteiger charge is 2.11. The van der Waals surface area contributed by atoms with Gasteiger partial charge in [-0.15, -0.1) is 0 Å². The van der Waals surface area contributed by atoms with Gasteiger partial charge < -0.3 is 10.1 Å². The Bertz CT molecular complexity index is 632. The zero-order valence-electron chi connectivity index (χ0n) is 10.8. The standard InChI is InChI=1S/C14H13BrN2O3/c1-2-16-10-7-11(17(18)19)9-12(8-10)20-14-6-4-3-5-13(14)15/h3-9,16H,2H2,1H3. The first-order chi connectivity index (χ1) is 9.60. The Morgan fingerprint density at radius 1 is 1.30 bits per heavy atom. The summed E-state index contributed by atoms with van der Waals surface area (Å²) in [4.78, 5) is 10.5. The molecular formula is C14H13BrN2O3. The van der Waals surface area contributed by atoms with E-state index in [9.17, 15) is 10.1 Å². The van der Waals surface area contributed by atoms with Crippen LogP contribution >= 0.6 is 15.9 Å². The van der Waals surface area contributed by atoms with Gasteiger partial charge in [0, 0.05) is 24.4 Å². The zero-order chi connectivity index (χ0) is 14.5. The number of para-hydroxylation sites is 1.